The molecule has 0 aliphatic rings. The van der Waals surface area contributed by atoms with Crippen LogP contribution >= 0.6 is 22.9 Å². The van der Waals surface area contributed by atoms with Gasteiger partial charge in [-0.05, 0) is 25.2 Å². The van der Waals surface area contributed by atoms with E-state index in [2.05, 4.69) is 18.8 Å². The predicted octanol–water partition coefficient (Wildman–Crippen LogP) is 3.51. The van der Waals surface area contributed by atoms with Crippen LogP contribution in [-0.2, 0) is 6.42 Å². The molecule has 74 valence electrons. The summed E-state index contributed by atoms with van der Waals surface area (Å²) in [5.74, 6) is 1.98. The van der Waals surface area contributed by atoms with Gasteiger partial charge in [0.2, 0.25) is 0 Å². The lowest BCUT2D eigenvalue weighted by molar-refractivity contribution is 0.424. The SMILES string of the molecule is Cc1ncc(CC(CCl)C(C)C)s1. The molecule has 0 N–H and O–H groups in total. The van der Waals surface area contributed by atoms with Gasteiger partial charge < -0.3 is 0 Å². The minimum absolute atomic E-state index is 0.585. The van der Waals surface area contributed by atoms with Crippen LogP contribution in [0.4, 0.5) is 0 Å². The van der Waals surface area contributed by atoms with Crippen molar-refractivity contribution in [3.63, 3.8) is 0 Å². The number of halogens is 1. The summed E-state index contributed by atoms with van der Waals surface area (Å²) in [6.07, 6.45) is 3.05. The zero-order chi connectivity index (χ0) is 9.84. The largest absolute Gasteiger partial charge is 0.250 e. The Morgan fingerprint density at radius 1 is 1.54 bits per heavy atom. The Balaban J connectivity index is 2.56. The Bertz CT molecular complexity index is 257. The van der Waals surface area contributed by atoms with Crippen LogP contribution in [0.5, 0.6) is 0 Å². The highest BCUT2D eigenvalue weighted by Gasteiger charge is 2.13. The quantitative estimate of drug-likeness (QED) is 0.704. The third-order valence-corrected chi connectivity index (χ3v) is 3.61. The summed E-state index contributed by atoms with van der Waals surface area (Å²) in [6.45, 7) is 6.49. The van der Waals surface area contributed by atoms with Gasteiger partial charge in [-0.1, -0.05) is 13.8 Å². The van der Waals surface area contributed by atoms with Crippen LogP contribution in [0.15, 0.2) is 6.20 Å². The number of rotatable bonds is 4. The van der Waals surface area contributed by atoms with Crippen molar-refractivity contribution in [2.45, 2.75) is 27.2 Å². The van der Waals surface area contributed by atoms with Gasteiger partial charge in [-0.3, -0.25) is 0 Å². The second-order valence-corrected chi connectivity index (χ2v) is 5.34. The molecule has 3 heteroatoms. The summed E-state index contributed by atoms with van der Waals surface area (Å²) in [4.78, 5) is 5.60. The highest BCUT2D eigenvalue weighted by molar-refractivity contribution is 7.11. The van der Waals surface area contributed by atoms with Gasteiger partial charge in [0, 0.05) is 17.0 Å². The molecule has 0 aliphatic carbocycles. The Kier molecular flexibility index (Phi) is 4.20. The van der Waals surface area contributed by atoms with Gasteiger partial charge in [-0.2, -0.15) is 0 Å². The lowest BCUT2D eigenvalue weighted by Crippen LogP contribution is -2.12. The third-order valence-electron chi connectivity index (χ3n) is 2.27. The first-order valence-corrected chi connectivity index (χ1v) is 5.96. The van der Waals surface area contributed by atoms with Gasteiger partial charge >= 0.3 is 0 Å². The third kappa shape index (κ3) is 3.28. The van der Waals surface area contributed by atoms with Crippen molar-refractivity contribution in [2.24, 2.45) is 11.8 Å². The first-order valence-electron chi connectivity index (χ1n) is 4.60. The Hall–Kier alpha value is -0.0800. The number of aromatic nitrogens is 1. The maximum Gasteiger partial charge on any atom is 0.0896 e. The minimum atomic E-state index is 0.585. The molecule has 1 unspecified atom stereocenters. The molecule has 1 atom stereocenters. The van der Waals surface area contributed by atoms with Gasteiger partial charge in [0.15, 0.2) is 0 Å². The molecule has 0 saturated heterocycles. The second kappa shape index (κ2) is 4.97. The Labute approximate surface area is 89.1 Å². The lowest BCUT2D eigenvalue weighted by atomic mass is 9.94. The van der Waals surface area contributed by atoms with Crippen molar-refractivity contribution < 1.29 is 0 Å². The van der Waals surface area contributed by atoms with E-state index in [1.165, 1.54) is 4.88 Å². The monoisotopic (exact) mass is 217 g/mol. The molecule has 0 amide bonds. The van der Waals surface area contributed by atoms with E-state index in [-0.39, 0.29) is 0 Å². The van der Waals surface area contributed by atoms with E-state index >= 15 is 0 Å². The maximum absolute atomic E-state index is 5.90. The molecule has 0 aromatic carbocycles. The van der Waals surface area contributed by atoms with Gasteiger partial charge in [-0.25, -0.2) is 4.98 Å². The fourth-order valence-electron chi connectivity index (χ4n) is 1.23. The summed E-state index contributed by atoms with van der Waals surface area (Å²) in [7, 11) is 0. The van der Waals surface area contributed by atoms with Crippen molar-refractivity contribution >= 4 is 22.9 Å². The van der Waals surface area contributed by atoms with Crippen LogP contribution in [0, 0.1) is 18.8 Å². The molecule has 1 rings (SSSR count). The molecule has 0 spiro atoms. The predicted molar refractivity (Wildman–Crippen MR) is 59.6 cm³/mol. The molecule has 1 nitrogen and oxygen atoms in total. The van der Waals surface area contributed by atoms with E-state index in [1.54, 1.807) is 11.3 Å². The molecular weight excluding hydrogens is 202 g/mol. The number of aryl methyl sites for hydroxylation is 1. The molecule has 13 heavy (non-hydrogen) atoms. The molecule has 0 bridgehead atoms. The summed E-state index contributed by atoms with van der Waals surface area (Å²) in [6, 6.07) is 0. The van der Waals surface area contributed by atoms with E-state index in [9.17, 15) is 0 Å². The van der Waals surface area contributed by atoms with Crippen LogP contribution in [0.1, 0.15) is 23.7 Å². The number of hydrogen-bond acceptors (Lipinski definition) is 2. The minimum Gasteiger partial charge on any atom is -0.250 e. The van der Waals surface area contributed by atoms with Gasteiger partial charge in [0.05, 0.1) is 5.01 Å². The average molecular weight is 218 g/mol. The maximum atomic E-state index is 5.90. The second-order valence-electron chi connectivity index (χ2n) is 3.71. The topological polar surface area (TPSA) is 12.9 Å². The number of nitrogens with zero attached hydrogens (tertiary/aromatic N) is 1. The smallest absolute Gasteiger partial charge is 0.0896 e. The van der Waals surface area contributed by atoms with E-state index in [0.29, 0.717) is 11.8 Å². The lowest BCUT2D eigenvalue weighted by Gasteiger charge is -2.16. The number of hydrogen-bond donors (Lipinski definition) is 0. The molecule has 1 aromatic heterocycles. The van der Waals surface area contributed by atoms with Crippen molar-refractivity contribution in [3.8, 4) is 0 Å². The first kappa shape index (κ1) is 11.0. The standard InChI is InChI=1S/C10H16ClNS/c1-7(2)9(5-11)4-10-6-12-8(3)13-10/h6-7,9H,4-5H2,1-3H3. The summed E-state index contributed by atoms with van der Waals surface area (Å²) < 4.78 is 0. The Morgan fingerprint density at radius 3 is 2.62 bits per heavy atom. The molecule has 1 heterocycles. The molecule has 0 radical (unpaired) electrons. The molecule has 1 aromatic rings. The van der Waals surface area contributed by atoms with Gasteiger partial charge in [0.25, 0.3) is 0 Å². The van der Waals surface area contributed by atoms with Crippen molar-refractivity contribution in [1.29, 1.82) is 0 Å². The zero-order valence-electron chi connectivity index (χ0n) is 8.38. The first-order chi connectivity index (χ1) is 6.13. The Morgan fingerprint density at radius 2 is 2.23 bits per heavy atom. The van der Waals surface area contributed by atoms with Crippen molar-refractivity contribution in [3.05, 3.63) is 16.1 Å². The summed E-state index contributed by atoms with van der Waals surface area (Å²) >= 11 is 7.68. The molecular formula is C10H16ClNS. The van der Waals surface area contributed by atoms with E-state index < -0.39 is 0 Å². The molecule has 0 aliphatic heterocycles. The molecule has 0 fully saturated rings. The normalized spacial score (nSPS) is 13.6. The highest BCUT2D eigenvalue weighted by Crippen LogP contribution is 2.22. The van der Waals surface area contributed by atoms with E-state index in [0.717, 1.165) is 17.3 Å². The van der Waals surface area contributed by atoms with Crippen LogP contribution in [0.25, 0.3) is 0 Å². The van der Waals surface area contributed by atoms with Gasteiger partial charge in [0.1, 0.15) is 0 Å². The zero-order valence-corrected chi connectivity index (χ0v) is 9.95. The van der Waals surface area contributed by atoms with E-state index in [4.69, 9.17) is 11.6 Å². The van der Waals surface area contributed by atoms with Crippen LogP contribution in [0.2, 0.25) is 0 Å². The highest BCUT2D eigenvalue weighted by atomic mass is 35.5. The molecule has 0 saturated carbocycles. The van der Waals surface area contributed by atoms with Crippen LogP contribution in [0.3, 0.4) is 0 Å². The number of thiazole rings is 1. The average Bonchev–Trinajstić information content (AvgIpc) is 2.46. The van der Waals surface area contributed by atoms with Gasteiger partial charge in [-0.15, -0.1) is 22.9 Å². The summed E-state index contributed by atoms with van der Waals surface area (Å²) in [5.41, 5.74) is 0. The van der Waals surface area contributed by atoms with Crippen LogP contribution < -0.4 is 0 Å². The van der Waals surface area contributed by atoms with E-state index in [1.807, 2.05) is 13.1 Å². The number of alkyl halides is 1. The fraction of sp³-hybridized carbons (Fsp3) is 0.700. The van der Waals surface area contributed by atoms with Crippen LogP contribution in [-0.4, -0.2) is 10.9 Å². The van der Waals surface area contributed by atoms with Crippen molar-refractivity contribution in [2.75, 3.05) is 5.88 Å². The van der Waals surface area contributed by atoms with Crippen molar-refractivity contribution in [1.82, 2.24) is 4.98 Å². The summed E-state index contributed by atoms with van der Waals surface area (Å²) in [5, 5.41) is 1.15. The fourth-order valence-corrected chi connectivity index (χ4v) is 2.58.